The second kappa shape index (κ2) is 8.85. The highest BCUT2D eigenvalue weighted by atomic mass is 35.5. The van der Waals surface area contributed by atoms with E-state index in [2.05, 4.69) is 39.7 Å². The number of imidazole rings is 1. The highest BCUT2D eigenvalue weighted by Crippen LogP contribution is 2.44. The molecule has 1 N–H and O–H groups in total. The van der Waals surface area contributed by atoms with E-state index in [0.29, 0.717) is 24.7 Å². The summed E-state index contributed by atoms with van der Waals surface area (Å²) in [6, 6.07) is 20.1. The molecule has 2 aromatic carbocycles. The molecule has 0 fully saturated rings. The summed E-state index contributed by atoms with van der Waals surface area (Å²) in [5.41, 5.74) is 6.38. The number of halogens is 1. The molecule has 2 heterocycles. The molecule has 0 unspecified atom stereocenters. The molecule has 0 spiro atoms. The molecule has 0 saturated heterocycles. The van der Waals surface area contributed by atoms with Crippen LogP contribution in [0.4, 0.5) is 4.79 Å². The number of carbonyl (C=O) groups is 1. The predicted molar refractivity (Wildman–Crippen MR) is 125 cm³/mol. The number of fused-ring (bicyclic) bond motifs is 4. The van der Waals surface area contributed by atoms with Crippen molar-refractivity contribution < 1.29 is 9.53 Å². The van der Waals surface area contributed by atoms with E-state index in [-0.39, 0.29) is 5.92 Å². The standard InChI is InChI=1S/C25H21ClN4O2/c26-23-12-13-24-28-15-17(30(24)29-23)7-5-6-14-27-25(31)32-16-22-20-10-3-1-8-18(20)19-9-2-4-11-21(19)22/h1-5,7-13,15,22H,6,14,16H2,(H,27,31). The first-order valence-corrected chi connectivity index (χ1v) is 10.8. The zero-order valence-electron chi connectivity index (χ0n) is 17.2. The van der Waals surface area contributed by atoms with E-state index in [1.807, 2.05) is 42.5 Å². The third-order valence-corrected chi connectivity index (χ3v) is 5.77. The fourth-order valence-electron chi connectivity index (χ4n) is 4.09. The van der Waals surface area contributed by atoms with Gasteiger partial charge in [0.05, 0.1) is 11.9 Å². The summed E-state index contributed by atoms with van der Waals surface area (Å²) >= 11 is 5.95. The molecule has 32 heavy (non-hydrogen) atoms. The van der Waals surface area contributed by atoms with E-state index in [1.165, 1.54) is 22.3 Å². The summed E-state index contributed by atoms with van der Waals surface area (Å²) in [5.74, 6) is 0.0579. The molecule has 6 nitrogen and oxygen atoms in total. The average molecular weight is 445 g/mol. The maximum absolute atomic E-state index is 12.2. The van der Waals surface area contributed by atoms with Crippen LogP contribution in [0.15, 0.2) is 72.9 Å². The fraction of sp³-hybridized carbons (Fsp3) is 0.160. The molecule has 2 aromatic heterocycles. The number of alkyl carbamates (subject to hydrolysis) is 1. The number of carbonyl (C=O) groups excluding carboxylic acids is 1. The molecule has 1 aliphatic rings. The molecule has 1 aliphatic carbocycles. The molecule has 5 rings (SSSR count). The molecule has 4 aromatic rings. The number of ether oxygens (including phenoxy) is 1. The summed E-state index contributed by atoms with van der Waals surface area (Å²) in [6.45, 7) is 0.780. The van der Waals surface area contributed by atoms with Crippen LogP contribution in [0.5, 0.6) is 0 Å². The van der Waals surface area contributed by atoms with Crippen LogP contribution in [-0.4, -0.2) is 33.8 Å². The van der Waals surface area contributed by atoms with Gasteiger partial charge < -0.3 is 10.1 Å². The van der Waals surface area contributed by atoms with Crippen LogP contribution in [0.25, 0.3) is 22.9 Å². The van der Waals surface area contributed by atoms with Gasteiger partial charge in [0.25, 0.3) is 0 Å². The van der Waals surface area contributed by atoms with Gasteiger partial charge in [-0.3, -0.25) is 0 Å². The van der Waals surface area contributed by atoms with E-state index in [1.54, 1.807) is 16.8 Å². The number of nitrogens with zero attached hydrogens (tertiary/aromatic N) is 3. The second-order valence-electron chi connectivity index (χ2n) is 7.55. The van der Waals surface area contributed by atoms with Crippen molar-refractivity contribution in [2.75, 3.05) is 13.2 Å². The maximum atomic E-state index is 12.2. The molecular formula is C25H21ClN4O2. The van der Waals surface area contributed by atoms with Crippen LogP contribution in [0.1, 0.15) is 29.2 Å². The number of hydrogen-bond donors (Lipinski definition) is 1. The Labute approximate surface area is 190 Å². The van der Waals surface area contributed by atoms with Crippen LogP contribution in [0.3, 0.4) is 0 Å². The average Bonchev–Trinajstić information content (AvgIpc) is 3.36. The van der Waals surface area contributed by atoms with Gasteiger partial charge in [-0.05, 0) is 46.9 Å². The largest absolute Gasteiger partial charge is 0.449 e. The number of benzene rings is 2. The zero-order valence-corrected chi connectivity index (χ0v) is 18.0. The van der Waals surface area contributed by atoms with E-state index < -0.39 is 6.09 Å². The smallest absolute Gasteiger partial charge is 0.407 e. The number of amides is 1. The zero-order chi connectivity index (χ0) is 21.9. The fourth-order valence-corrected chi connectivity index (χ4v) is 4.23. The van der Waals surface area contributed by atoms with Crippen molar-refractivity contribution >= 4 is 29.4 Å². The summed E-state index contributed by atoms with van der Waals surface area (Å²) in [6.07, 6.45) is 5.83. The first kappa shape index (κ1) is 20.3. The first-order chi connectivity index (χ1) is 15.7. The number of aromatic nitrogens is 3. The van der Waals surface area contributed by atoms with Crippen LogP contribution >= 0.6 is 11.6 Å². The van der Waals surface area contributed by atoms with Crippen molar-refractivity contribution in [3.05, 3.63) is 94.9 Å². The van der Waals surface area contributed by atoms with E-state index in [0.717, 1.165) is 11.3 Å². The molecule has 0 saturated carbocycles. The van der Waals surface area contributed by atoms with Crippen LogP contribution < -0.4 is 5.32 Å². The molecule has 1 amide bonds. The second-order valence-corrected chi connectivity index (χ2v) is 7.94. The Bertz CT molecular complexity index is 1270. The third-order valence-electron chi connectivity index (χ3n) is 5.57. The van der Waals surface area contributed by atoms with Crippen LogP contribution in [0, 0.1) is 0 Å². The van der Waals surface area contributed by atoms with Gasteiger partial charge in [-0.1, -0.05) is 66.2 Å². The Morgan fingerprint density at radius 2 is 1.78 bits per heavy atom. The maximum Gasteiger partial charge on any atom is 0.407 e. The van der Waals surface area contributed by atoms with Crippen molar-refractivity contribution in [2.24, 2.45) is 0 Å². The third kappa shape index (κ3) is 3.97. The lowest BCUT2D eigenvalue weighted by molar-refractivity contribution is 0.143. The topological polar surface area (TPSA) is 68.5 Å². The Morgan fingerprint density at radius 3 is 2.53 bits per heavy atom. The van der Waals surface area contributed by atoms with Gasteiger partial charge in [0.2, 0.25) is 0 Å². The van der Waals surface area contributed by atoms with Crippen LogP contribution in [-0.2, 0) is 4.74 Å². The quantitative estimate of drug-likeness (QED) is 0.408. The molecule has 160 valence electrons. The predicted octanol–water partition coefficient (Wildman–Crippen LogP) is 5.32. The van der Waals surface area contributed by atoms with Gasteiger partial charge >= 0.3 is 6.09 Å². The van der Waals surface area contributed by atoms with E-state index in [9.17, 15) is 4.79 Å². The first-order valence-electron chi connectivity index (χ1n) is 10.5. The lowest BCUT2D eigenvalue weighted by Crippen LogP contribution is -2.26. The molecular weight excluding hydrogens is 424 g/mol. The van der Waals surface area contributed by atoms with Crippen molar-refractivity contribution in [2.45, 2.75) is 12.3 Å². The van der Waals surface area contributed by atoms with Gasteiger partial charge in [0, 0.05) is 12.5 Å². The minimum absolute atomic E-state index is 0.0579. The number of hydrogen-bond acceptors (Lipinski definition) is 4. The molecule has 0 atom stereocenters. The summed E-state index contributed by atoms with van der Waals surface area (Å²) in [5, 5.41) is 7.45. The van der Waals surface area contributed by atoms with Gasteiger partial charge in [-0.25, -0.2) is 14.3 Å². The minimum atomic E-state index is -0.413. The highest BCUT2D eigenvalue weighted by molar-refractivity contribution is 6.29. The summed E-state index contributed by atoms with van der Waals surface area (Å²) in [7, 11) is 0. The molecule has 0 bridgehead atoms. The normalized spacial score (nSPS) is 12.8. The number of nitrogens with one attached hydrogen (secondary N) is 1. The number of rotatable bonds is 6. The van der Waals surface area contributed by atoms with Crippen molar-refractivity contribution in [3.63, 3.8) is 0 Å². The van der Waals surface area contributed by atoms with Crippen molar-refractivity contribution in [1.82, 2.24) is 19.9 Å². The van der Waals surface area contributed by atoms with Gasteiger partial charge in [0.1, 0.15) is 11.8 Å². The van der Waals surface area contributed by atoms with Crippen LogP contribution in [0.2, 0.25) is 5.15 Å². The lowest BCUT2D eigenvalue weighted by Gasteiger charge is -2.14. The Hall–Kier alpha value is -3.64. The van der Waals surface area contributed by atoms with Crippen molar-refractivity contribution in [3.8, 4) is 11.1 Å². The van der Waals surface area contributed by atoms with Crippen molar-refractivity contribution in [1.29, 1.82) is 0 Å². The van der Waals surface area contributed by atoms with Gasteiger partial charge in [-0.2, -0.15) is 5.10 Å². The summed E-state index contributed by atoms with van der Waals surface area (Å²) < 4.78 is 7.23. The monoisotopic (exact) mass is 444 g/mol. The molecule has 7 heteroatoms. The molecule has 0 aliphatic heterocycles. The Balaban J connectivity index is 1.14. The molecule has 0 radical (unpaired) electrons. The SMILES string of the molecule is O=C(NCCC=Cc1cnc2ccc(Cl)nn12)OCC1c2ccccc2-c2ccccc21. The van der Waals surface area contributed by atoms with Gasteiger partial charge in [0.15, 0.2) is 5.65 Å². The Kier molecular flexibility index (Phi) is 5.60. The van der Waals surface area contributed by atoms with E-state index >= 15 is 0 Å². The van der Waals surface area contributed by atoms with Gasteiger partial charge in [-0.15, -0.1) is 0 Å². The Morgan fingerprint density at radius 1 is 1.06 bits per heavy atom. The lowest BCUT2D eigenvalue weighted by atomic mass is 9.98. The van der Waals surface area contributed by atoms with E-state index in [4.69, 9.17) is 16.3 Å². The highest BCUT2D eigenvalue weighted by Gasteiger charge is 2.28. The summed E-state index contributed by atoms with van der Waals surface area (Å²) in [4.78, 5) is 16.5. The minimum Gasteiger partial charge on any atom is -0.449 e.